The van der Waals surface area contributed by atoms with Gasteiger partial charge in [0.15, 0.2) is 0 Å². The molecule has 3 heteroatoms. The first-order valence-electron chi connectivity index (χ1n) is 13.1. The van der Waals surface area contributed by atoms with Crippen molar-refractivity contribution in [1.29, 1.82) is 0 Å². The summed E-state index contributed by atoms with van der Waals surface area (Å²) in [6, 6.07) is 0. The lowest BCUT2D eigenvalue weighted by atomic mass is 10.2. The molecule has 0 unspecified atom stereocenters. The Balaban J connectivity index is 3.93. The Kier molecular flexibility index (Phi) is 26.3. The number of hydrogen-bond acceptors (Lipinski definition) is 3. The third-order valence-electron chi connectivity index (χ3n) is 5.01. The fourth-order valence-electron chi connectivity index (χ4n) is 3.16. The van der Waals surface area contributed by atoms with Crippen LogP contribution in [0.1, 0.15) is 117 Å². The zero-order chi connectivity index (χ0) is 22.7. The van der Waals surface area contributed by atoms with Crippen LogP contribution in [0, 0.1) is 0 Å². The molecule has 0 aliphatic rings. The van der Waals surface area contributed by atoms with Crippen molar-refractivity contribution >= 4 is 0 Å². The first kappa shape index (κ1) is 30.1. The monoisotopic (exact) mass is 436 g/mol. The van der Waals surface area contributed by atoms with Gasteiger partial charge in [-0.2, -0.15) is 0 Å². The van der Waals surface area contributed by atoms with E-state index in [0.29, 0.717) is 19.8 Å². The van der Waals surface area contributed by atoms with Gasteiger partial charge in [-0.1, -0.05) is 76.5 Å². The van der Waals surface area contributed by atoms with Crippen LogP contribution >= 0.6 is 0 Å². The molecule has 0 radical (unpaired) electrons. The van der Waals surface area contributed by atoms with Crippen molar-refractivity contribution in [3.05, 3.63) is 36.5 Å². The Labute approximate surface area is 194 Å². The van der Waals surface area contributed by atoms with Gasteiger partial charge in [-0.25, -0.2) is 0 Å². The maximum absolute atomic E-state index is 5.90. The highest BCUT2D eigenvalue weighted by Crippen LogP contribution is 2.09. The summed E-state index contributed by atoms with van der Waals surface area (Å²) in [6.45, 7) is 8.18. The van der Waals surface area contributed by atoms with E-state index in [1.54, 1.807) is 0 Å². The zero-order valence-corrected chi connectivity index (χ0v) is 21.0. The predicted octanol–water partition coefficient (Wildman–Crippen LogP) is 8.90. The van der Waals surface area contributed by atoms with Crippen LogP contribution in [0.2, 0.25) is 0 Å². The Morgan fingerprint density at radius 1 is 0.419 bits per heavy atom. The van der Waals surface area contributed by atoms with E-state index in [9.17, 15) is 0 Å². The third kappa shape index (κ3) is 25.2. The minimum absolute atomic E-state index is 0.500. The van der Waals surface area contributed by atoms with E-state index in [0.717, 1.165) is 38.5 Å². The van der Waals surface area contributed by atoms with Crippen LogP contribution in [0.15, 0.2) is 36.5 Å². The van der Waals surface area contributed by atoms with Crippen molar-refractivity contribution in [2.24, 2.45) is 0 Å². The van der Waals surface area contributed by atoms with E-state index in [1.807, 2.05) is 0 Å². The van der Waals surface area contributed by atoms with Crippen LogP contribution in [0.25, 0.3) is 0 Å². The molecule has 0 saturated carbocycles. The summed E-state index contributed by atoms with van der Waals surface area (Å²) in [6.07, 6.45) is 30.9. The summed E-state index contributed by atoms with van der Waals surface area (Å²) in [4.78, 5) is 0. The maximum Gasteiger partial charge on any atom is 0.271 e. The summed E-state index contributed by atoms with van der Waals surface area (Å²) in [7, 11) is 0. The maximum atomic E-state index is 5.90. The molecule has 0 saturated heterocycles. The Bertz CT molecular complexity index is 353. The van der Waals surface area contributed by atoms with Crippen LogP contribution in [0.5, 0.6) is 0 Å². The molecule has 3 nitrogen and oxygen atoms in total. The number of rotatable bonds is 24. The van der Waals surface area contributed by atoms with Crippen LogP contribution in [0.4, 0.5) is 0 Å². The smallest absolute Gasteiger partial charge is 0.271 e. The normalized spacial score (nSPS) is 12.4. The van der Waals surface area contributed by atoms with E-state index in [-0.39, 0.29) is 0 Å². The van der Waals surface area contributed by atoms with Crippen molar-refractivity contribution in [2.75, 3.05) is 19.8 Å². The summed E-state index contributed by atoms with van der Waals surface area (Å²) in [5.74, 6) is 0. The first-order chi connectivity index (χ1) is 15.3. The fourth-order valence-corrected chi connectivity index (χ4v) is 3.16. The van der Waals surface area contributed by atoms with Crippen molar-refractivity contribution in [3.63, 3.8) is 0 Å². The fraction of sp³-hybridized carbons (Fsp3) is 0.786. The van der Waals surface area contributed by atoms with E-state index < -0.39 is 6.48 Å². The van der Waals surface area contributed by atoms with Gasteiger partial charge in [0.05, 0.1) is 19.8 Å². The lowest BCUT2D eigenvalue weighted by Crippen LogP contribution is -2.23. The highest BCUT2D eigenvalue weighted by atomic mass is 16.8. The molecule has 0 N–H and O–H groups in total. The Hall–Kier alpha value is -0.900. The van der Waals surface area contributed by atoms with Gasteiger partial charge in [-0.05, 0) is 77.0 Å². The van der Waals surface area contributed by atoms with Crippen molar-refractivity contribution < 1.29 is 14.2 Å². The molecular weight excluding hydrogens is 384 g/mol. The second kappa shape index (κ2) is 27.1. The summed E-state index contributed by atoms with van der Waals surface area (Å²) in [5.41, 5.74) is 0. The minimum Gasteiger partial charge on any atom is -0.330 e. The van der Waals surface area contributed by atoms with Crippen LogP contribution in [-0.4, -0.2) is 26.3 Å². The average molecular weight is 437 g/mol. The van der Waals surface area contributed by atoms with Gasteiger partial charge in [0.25, 0.3) is 6.48 Å². The number of hydrogen-bond donors (Lipinski definition) is 0. The molecule has 0 amide bonds. The molecule has 0 aromatic carbocycles. The highest BCUT2D eigenvalue weighted by molar-refractivity contribution is 4.80. The molecule has 0 aliphatic heterocycles. The average Bonchev–Trinajstić information content (AvgIpc) is 2.78. The van der Waals surface area contributed by atoms with E-state index in [4.69, 9.17) is 14.2 Å². The summed E-state index contributed by atoms with van der Waals surface area (Å²) in [5, 5.41) is 0. The molecule has 0 aliphatic carbocycles. The number of ether oxygens (including phenoxy) is 3. The topological polar surface area (TPSA) is 27.7 Å². The molecule has 0 atom stereocenters. The zero-order valence-electron chi connectivity index (χ0n) is 21.0. The molecule has 0 bridgehead atoms. The van der Waals surface area contributed by atoms with Gasteiger partial charge in [-0.3, -0.25) is 0 Å². The Morgan fingerprint density at radius 3 is 1.03 bits per heavy atom. The third-order valence-corrected chi connectivity index (χ3v) is 5.01. The van der Waals surface area contributed by atoms with Gasteiger partial charge in [0, 0.05) is 0 Å². The quantitative estimate of drug-likeness (QED) is 0.0858. The standard InChI is InChI=1S/C28H52O3/c1-4-7-10-13-16-19-22-25-29-28(30-26-23-20-17-14-11-8-5-2)31-27-24-21-18-15-12-9-6-3/h7-12,28H,4-6,13-27H2,1-3H3/b10-7+,11-8+,12-9+. The van der Waals surface area contributed by atoms with Gasteiger partial charge >= 0.3 is 0 Å². The minimum atomic E-state index is -0.500. The lowest BCUT2D eigenvalue weighted by Gasteiger charge is -2.19. The largest absolute Gasteiger partial charge is 0.330 e. The highest BCUT2D eigenvalue weighted by Gasteiger charge is 2.09. The molecule has 31 heavy (non-hydrogen) atoms. The van der Waals surface area contributed by atoms with E-state index >= 15 is 0 Å². The van der Waals surface area contributed by atoms with Crippen molar-refractivity contribution in [2.45, 2.75) is 124 Å². The van der Waals surface area contributed by atoms with Gasteiger partial charge in [0.2, 0.25) is 0 Å². The summed E-state index contributed by atoms with van der Waals surface area (Å²) >= 11 is 0. The SMILES string of the molecule is CC/C=C/CCCCCOC(OCCCCC/C=C/CC)OCCCCC/C=C/CC. The molecule has 0 aromatic rings. The molecule has 182 valence electrons. The van der Waals surface area contributed by atoms with Gasteiger partial charge in [-0.15, -0.1) is 0 Å². The van der Waals surface area contributed by atoms with Crippen LogP contribution in [0.3, 0.4) is 0 Å². The Morgan fingerprint density at radius 2 is 0.742 bits per heavy atom. The lowest BCUT2D eigenvalue weighted by molar-refractivity contribution is -0.288. The molecule has 0 fully saturated rings. The molecular formula is C28H52O3. The molecule has 0 rings (SSSR count). The summed E-state index contributed by atoms with van der Waals surface area (Å²) < 4.78 is 17.7. The first-order valence-corrected chi connectivity index (χ1v) is 13.1. The van der Waals surface area contributed by atoms with Gasteiger partial charge in [0.1, 0.15) is 0 Å². The van der Waals surface area contributed by atoms with E-state index in [2.05, 4.69) is 57.2 Å². The van der Waals surface area contributed by atoms with Crippen LogP contribution in [-0.2, 0) is 14.2 Å². The predicted molar refractivity (Wildman–Crippen MR) is 135 cm³/mol. The van der Waals surface area contributed by atoms with Gasteiger partial charge < -0.3 is 14.2 Å². The van der Waals surface area contributed by atoms with Crippen LogP contribution < -0.4 is 0 Å². The number of allylic oxidation sites excluding steroid dienone is 6. The van der Waals surface area contributed by atoms with Crippen molar-refractivity contribution in [1.82, 2.24) is 0 Å². The van der Waals surface area contributed by atoms with Crippen molar-refractivity contribution in [3.8, 4) is 0 Å². The molecule has 0 heterocycles. The van der Waals surface area contributed by atoms with E-state index in [1.165, 1.54) is 57.8 Å². The second-order valence-corrected chi connectivity index (χ2v) is 8.09. The number of unbranched alkanes of at least 4 members (excludes halogenated alkanes) is 9. The second-order valence-electron chi connectivity index (χ2n) is 8.09. The molecule has 0 spiro atoms. The molecule has 0 aromatic heterocycles.